The first-order chi connectivity index (χ1) is 13.4. The van der Waals surface area contributed by atoms with Crippen molar-refractivity contribution in [2.24, 2.45) is 5.10 Å². The highest BCUT2D eigenvalue weighted by Gasteiger charge is 2.27. The molecular weight excluding hydrogens is 380 g/mol. The van der Waals surface area contributed by atoms with Gasteiger partial charge in [-0.2, -0.15) is 5.10 Å². The lowest BCUT2D eigenvalue weighted by molar-refractivity contribution is -0.384. The van der Waals surface area contributed by atoms with E-state index in [1.54, 1.807) is 12.1 Å². The van der Waals surface area contributed by atoms with Gasteiger partial charge in [0.05, 0.1) is 16.7 Å². The summed E-state index contributed by atoms with van der Waals surface area (Å²) in [6.45, 7) is 4.48. The lowest BCUT2D eigenvalue weighted by Crippen LogP contribution is -2.42. The first kappa shape index (κ1) is 19.8. The lowest BCUT2D eigenvalue weighted by atomic mass is 9.94. The highest BCUT2D eigenvalue weighted by molar-refractivity contribution is 6.31. The summed E-state index contributed by atoms with van der Waals surface area (Å²) < 4.78 is 0. The second-order valence-electron chi connectivity index (χ2n) is 6.68. The van der Waals surface area contributed by atoms with Crippen LogP contribution in [-0.4, -0.2) is 34.3 Å². The van der Waals surface area contributed by atoms with E-state index in [9.17, 15) is 14.9 Å². The first-order valence-corrected chi connectivity index (χ1v) is 9.47. The lowest BCUT2D eigenvalue weighted by Gasteiger charge is -2.23. The van der Waals surface area contributed by atoms with Crippen LogP contribution in [0.5, 0.6) is 0 Å². The zero-order valence-electron chi connectivity index (χ0n) is 15.7. The fraction of sp³-hybridized carbons (Fsp3) is 0.300. The number of nitro groups is 1. The Morgan fingerprint density at radius 1 is 1.32 bits per heavy atom. The summed E-state index contributed by atoms with van der Waals surface area (Å²) in [6, 6.07) is 11.3. The van der Waals surface area contributed by atoms with Crippen molar-refractivity contribution in [1.29, 1.82) is 0 Å². The molecular formula is C20H21ClN4O3. The van der Waals surface area contributed by atoms with Crippen molar-refractivity contribution in [1.82, 2.24) is 10.3 Å². The minimum Gasteiger partial charge on any atom is -0.336 e. The fourth-order valence-electron chi connectivity index (χ4n) is 3.12. The number of rotatable bonds is 4. The predicted octanol–water partition coefficient (Wildman–Crippen LogP) is 4.37. The molecule has 0 aliphatic carbocycles. The number of nitrogens with one attached hydrogen (secondary N) is 1. The number of hydrogen-bond acceptors (Lipinski definition) is 4. The van der Waals surface area contributed by atoms with E-state index in [-0.39, 0.29) is 17.8 Å². The van der Waals surface area contributed by atoms with Crippen molar-refractivity contribution >= 4 is 29.0 Å². The molecule has 1 N–H and O–H groups in total. The fourth-order valence-corrected chi connectivity index (χ4v) is 3.30. The second kappa shape index (κ2) is 8.39. The zero-order valence-corrected chi connectivity index (χ0v) is 16.4. The summed E-state index contributed by atoms with van der Waals surface area (Å²) in [5.41, 5.74) is 3.06. The molecule has 2 amide bonds. The summed E-state index contributed by atoms with van der Waals surface area (Å²) in [7, 11) is 0. The second-order valence-corrected chi connectivity index (χ2v) is 7.12. The van der Waals surface area contributed by atoms with Gasteiger partial charge in [0.15, 0.2) is 0 Å². The number of hydrogen-bond donors (Lipinski definition) is 1. The van der Waals surface area contributed by atoms with Crippen LogP contribution in [0.2, 0.25) is 5.02 Å². The van der Waals surface area contributed by atoms with Gasteiger partial charge in [-0.15, -0.1) is 0 Å². The van der Waals surface area contributed by atoms with E-state index in [4.69, 9.17) is 11.6 Å². The molecule has 0 fully saturated rings. The van der Waals surface area contributed by atoms with Crippen LogP contribution >= 0.6 is 11.6 Å². The third-order valence-electron chi connectivity index (χ3n) is 4.55. The van der Waals surface area contributed by atoms with Crippen LogP contribution in [0.25, 0.3) is 0 Å². The summed E-state index contributed by atoms with van der Waals surface area (Å²) >= 11 is 6.22. The van der Waals surface area contributed by atoms with Crippen LogP contribution in [0.1, 0.15) is 37.0 Å². The largest absolute Gasteiger partial charge is 0.338 e. The number of benzene rings is 2. The van der Waals surface area contributed by atoms with Gasteiger partial charge in [-0.25, -0.2) is 9.80 Å². The number of nitro benzene ring substituents is 1. The smallest absolute Gasteiger partial charge is 0.336 e. The Balaban J connectivity index is 2.11. The minimum atomic E-state index is -0.448. The van der Waals surface area contributed by atoms with Crippen LogP contribution in [-0.2, 0) is 6.42 Å². The molecule has 0 aromatic heterocycles. The molecule has 0 radical (unpaired) electrons. The van der Waals surface area contributed by atoms with Gasteiger partial charge in [-0.05, 0) is 49.6 Å². The molecule has 2 aromatic carbocycles. The van der Waals surface area contributed by atoms with Gasteiger partial charge in [0, 0.05) is 34.8 Å². The molecule has 1 atom stereocenters. The van der Waals surface area contributed by atoms with Crippen LogP contribution in [0, 0.1) is 10.1 Å². The first-order valence-electron chi connectivity index (χ1n) is 9.10. The number of non-ortho nitro benzene ring substituents is 1. The molecule has 0 spiro atoms. The molecule has 7 nitrogen and oxygen atoms in total. The van der Waals surface area contributed by atoms with Crippen molar-refractivity contribution in [2.75, 3.05) is 6.54 Å². The average molecular weight is 401 g/mol. The standard InChI is InChI=1S/C20H21ClN4O3/c1-3-10-22-20(26)24-13(2)11-15-4-7-16(21)12-18(15)19(23-24)14-5-8-17(9-6-14)25(27)28/h4-9,12-13H,3,10-11H2,1-2H3,(H,22,26). The van der Waals surface area contributed by atoms with E-state index in [2.05, 4.69) is 10.4 Å². The number of carbonyl (C=O) groups excluding carboxylic acids is 1. The van der Waals surface area contributed by atoms with Crippen molar-refractivity contribution in [3.63, 3.8) is 0 Å². The topological polar surface area (TPSA) is 87.8 Å². The molecule has 1 heterocycles. The van der Waals surface area contributed by atoms with Crippen molar-refractivity contribution in [2.45, 2.75) is 32.7 Å². The number of carbonyl (C=O) groups is 1. The molecule has 0 saturated carbocycles. The molecule has 0 saturated heterocycles. The van der Waals surface area contributed by atoms with Gasteiger partial charge >= 0.3 is 6.03 Å². The molecule has 1 aliphatic rings. The maximum absolute atomic E-state index is 12.7. The quantitative estimate of drug-likeness (QED) is 0.610. The Labute approximate surface area is 168 Å². The third kappa shape index (κ3) is 4.14. The van der Waals surface area contributed by atoms with Crippen LogP contribution in [0.15, 0.2) is 47.6 Å². The van der Waals surface area contributed by atoms with E-state index in [0.29, 0.717) is 29.3 Å². The third-order valence-corrected chi connectivity index (χ3v) is 4.79. The van der Waals surface area contributed by atoms with Crippen molar-refractivity contribution in [3.8, 4) is 0 Å². The number of amides is 2. The number of hydrazone groups is 1. The maximum Gasteiger partial charge on any atom is 0.338 e. The summed E-state index contributed by atoms with van der Waals surface area (Å²) in [6.07, 6.45) is 1.44. The van der Waals surface area contributed by atoms with E-state index in [0.717, 1.165) is 17.5 Å². The van der Waals surface area contributed by atoms with E-state index >= 15 is 0 Å². The van der Waals surface area contributed by atoms with Gasteiger partial charge in [0.2, 0.25) is 0 Å². The van der Waals surface area contributed by atoms with Gasteiger partial charge in [-0.1, -0.05) is 24.6 Å². The molecule has 3 rings (SSSR count). The highest BCUT2D eigenvalue weighted by atomic mass is 35.5. The molecule has 2 aromatic rings. The number of halogens is 1. The summed E-state index contributed by atoms with van der Waals surface area (Å²) in [4.78, 5) is 23.2. The van der Waals surface area contributed by atoms with Crippen molar-refractivity contribution < 1.29 is 9.72 Å². The van der Waals surface area contributed by atoms with E-state index in [1.165, 1.54) is 17.1 Å². The number of fused-ring (bicyclic) bond motifs is 1. The molecule has 146 valence electrons. The molecule has 0 bridgehead atoms. The van der Waals surface area contributed by atoms with Gasteiger partial charge in [0.1, 0.15) is 0 Å². The Bertz CT molecular complexity index is 928. The Morgan fingerprint density at radius 2 is 2.04 bits per heavy atom. The predicted molar refractivity (Wildman–Crippen MR) is 109 cm³/mol. The highest BCUT2D eigenvalue weighted by Crippen LogP contribution is 2.27. The number of urea groups is 1. The zero-order chi connectivity index (χ0) is 20.3. The summed E-state index contributed by atoms with van der Waals surface area (Å²) in [5, 5.41) is 20.5. The Morgan fingerprint density at radius 3 is 2.68 bits per heavy atom. The Kier molecular flexibility index (Phi) is 5.94. The average Bonchev–Trinajstić information content (AvgIpc) is 2.82. The SMILES string of the molecule is CCCNC(=O)N1N=C(c2ccc([N+](=O)[O-])cc2)c2cc(Cl)ccc2CC1C. The number of nitrogens with zero attached hydrogens (tertiary/aromatic N) is 3. The monoisotopic (exact) mass is 400 g/mol. The summed E-state index contributed by atoms with van der Waals surface area (Å²) in [5.74, 6) is 0. The van der Waals surface area contributed by atoms with Gasteiger partial charge < -0.3 is 5.32 Å². The normalized spacial score (nSPS) is 16.0. The van der Waals surface area contributed by atoms with Crippen molar-refractivity contribution in [3.05, 3.63) is 74.3 Å². The van der Waals surface area contributed by atoms with E-state index in [1.807, 2.05) is 32.0 Å². The Hall–Kier alpha value is -2.93. The minimum absolute atomic E-state index is 0.00444. The van der Waals surface area contributed by atoms with Crippen LogP contribution < -0.4 is 5.32 Å². The van der Waals surface area contributed by atoms with Gasteiger partial charge in [-0.3, -0.25) is 10.1 Å². The maximum atomic E-state index is 12.7. The van der Waals surface area contributed by atoms with Crippen LogP contribution in [0.3, 0.4) is 0 Å². The van der Waals surface area contributed by atoms with Gasteiger partial charge in [0.25, 0.3) is 5.69 Å². The molecule has 8 heteroatoms. The molecule has 28 heavy (non-hydrogen) atoms. The van der Waals surface area contributed by atoms with Crippen LogP contribution in [0.4, 0.5) is 10.5 Å². The molecule has 1 aliphatic heterocycles. The van der Waals surface area contributed by atoms with E-state index < -0.39 is 4.92 Å². The molecule has 1 unspecified atom stereocenters.